The lowest BCUT2D eigenvalue weighted by molar-refractivity contribution is -0.234. The summed E-state index contributed by atoms with van der Waals surface area (Å²) in [6, 6.07) is 0.533. The van der Waals surface area contributed by atoms with Crippen molar-refractivity contribution in [3.63, 3.8) is 0 Å². The van der Waals surface area contributed by atoms with E-state index in [0.29, 0.717) is 12.5 Å². The van der Waals surface area contributed by atoms with Gasteiger partial charge in [0.15, 0.2) is 0 Å². The van der Waals surface area contributed by atoms with Crippen LogP contribution in [-0.2, 0) is 9.68 Å². The Labute approximate surface area is 77.4 Å². The van der Waals surface area contributed by atoms with Gasteiger partial charge in [0, 0.05) is 19.0 Å². The second kappa shape index (κ2) is 5.90. The molecular weight excluding hydrogens is 172 g/mol. The van der Waals surface area contributed by atoms with Crippen LogP contribution >= 0.6 is 0 Å². The molecule has 1 unspecified atom stereocenters. The number of carbonyl (C=O) groups excluding carboxylic acids is 1. The molecule has 1 fully saturated rings. The Bertz CT molecular complexity index is 157. The first-order valence-electron chi connectivity index (χ1n) is 4.65. The molecule has 5 nitrogen and oxygen atoms in total. The molecule has 1 aliphatic heterocycles. The molecule has 1 aliphatic rings. The second-order valence-electron chi connectivity index (χ2n) is 3.27. The van der Waals surface area contributed by atoms with Crippen molar-refractivity contribution in [2.45, 2.75) is 38.1 Å². The standard InChI is InChI=1S/C8H16N2O3/c11-8(13-12)4-2-1-3-7-5-6-9-10-7/h7,9-10,12H,1-6H2. The lowest BCUT2D eigenvalue weighted by Gasteiger charge is -2.07. The van der Waals surface area contributed by atoms with Crippen LogP contribution in [0.1, 0.15) is 32.1 Å². The van der Waals surface area contributed by atoms with E-state index in [1.165, 1.54) is 0 Å². The van der Waals surface area contributed by atoms with E-state index in [2.05, 4.69) is 15.7 Å². The van der Waals surface area contributed by atoms with Gasteiger partial charge in [0.1, 0.15) is 0 Å². The summed E-state index contributed by atoms with van der Waals surface area (Å²) in [6.45, 7) is 1.02. The predicted molar refractivity (Wildman–Crippen MR) is 46.7 cm³/mol. The molecule has 5 heteroatoms. The molecule has 1 rings (SSSR count). The van der Waals surface area contributed by atoms with Gasteiger partial charge < -0.3 is 4.89 Å². The van der Waals surface area contributed by atoms with E-state index in [1.54, 1.807) is 0 Å². The molecule has 0 aromatic rings. The summed E-state index contributed by atoms with van der Waals surface area (Å²) in [4.78, 5) is 14.1. The highest BCUT2D eigenvalue weighted by Crippen LogP contribution is 2.08. The fourth-order valence-corrected chi connectivity index (χ4v) is 1.46. The maximum absolute atomic E-state index is 10.5. The van der Waals surface area contributed by atoms with Crippen LogP contribution in [0.3, 0.4) is 0 Å². The van der Waals surface area contributed by atoms with Crippen LogP contribution < -0.4 is 10.9 Å². The maximum Gasteiger partial charge on any atom is 0.342 e. The maximum atomic E-state index is 10.5. The van der Waals surface area contributed by atoms with Crippen molar-refractivity contribution in [1.29, 1.82) is 0 Å². The molecule has 0 bridgehead atoms. The van der Waals surface area contributed by atoms with Gasteiger partial charge in [-0.15, -0.1) is 0 Å². The van der Waals surface area contributed by atoms with Gasteiger partial charge in [-0.2, -0.15) is 5.26 Å². The zero-order valence-corrected chi connectivity index (χ0v) is 7.58. The Morgan fingerprint density at radius 1 is 1.54 bits per heavy atom. The van der Waals surface area contributed by atoms with Crippen molar-refractivity contribution in [2.75, 3.05) is 6.54 Å². The Balaban J connectivity index is 1.91. The predicted octanol–water partition coefficient (Wildman–Crippen LogP) is 0.429. The van der Waals surface area contributed by atoms with Crippen molar-refractivity contribution in [3.8, 4) is 0 Å². The molecule has 0 amide bonds. The number of unbranched alkanes of at least 4 members (excludes halogenated alkanes) is 1. The van der Waals surface area contributed by atoms with Crippen molar-refractivity contribution in [1.82, 2.24) is 10.9 Å². The van der Waals surface area contributed by atoms with Crippen molar-refractivity contribution < 1.29 is 14.9 Å². The van der Waals surface area contributed by atoms with Crippen molar-refractivity contribution >= 4 is 5.97 Å². The topological polar surface area (TPSA) is 70.6 Å². The van der Waals surface area contributed by atoms with E-state index in [1.807, 2.05) is 0 Å². The molecule has 1 heterocycles. The minimum atomic E-state index is -0.544. The lowest BCUT2D eigenvalue weighted by atomic mass is 10.1. The van der Waals surface area contributed by atoms with Gasteiger partial charge in [-0.05, 0) is 19.3 Å². The van der Waals surface area contributed by atoms with Gasteiger partial charge in [0.05, 0.1) is 0 Å². The van der Waals surface area contributed by atoms with Gasteiger partial charge in [0.25, 0.3) is 0 Å². The first kappa shape index (κ1) is 10.4. The minimum absolute atomic E-state index is 0.302. The first-order chi connectivity index (χ1) is 6.33. The normalized spacial score (nSPS) is 21.8. The van der Waals surface area contributed by atoms with Gasteiger partial charge in [-0.1, -0.05) is 6.42 Å². The molecule has 76 valence electrons. The van der Waals surface area contributed by atoms with Crippen molar-refractivity contribution in [2.24, 2.45) is 0 Å². The molecule has 0 aliphatic carbocycles. The Hall–Kier alpha value is -0.650. The van der Waals surface area contributed by atoms with E-state index in [4.69, 9.17) is 5.26 Å². The van der Waals surface area contributed by atoms with Crippen LogP contribution in [-0.4, -0.2) is 23.8 Å². The third-order valence-electron chi connectivity index (χ3n) is 2.21. The first-order valence-corrected chi connectivity index (χ1v) is 4.65. The summed E-state index contributed by atoms with van der Waals surface area (Å²) in [5, 5.41) is 7.97. The zero-order chi connectivity index (χ0) is 9.52. The zero-order valence-electron chi connectivity index (χ0n) is 7.58. The van der Waals surface area contributed by atoms with E-state index < -0.39 is 5.97 Å². The van der Waals surface area contributed by atoms with E-state index >= 15 is 0 Å². The Morgan fingerprint density at radius 2 is 2.38 bits per heavy atom. The third kappa shape index (κ3) is 4.21. The summed E-state index contributed by atoms with van der Waals surface area (Å²) < 4.78 is 0. The highest BCUT2D eigenvalue weighted by atomic mass is 17.1. The van der Waals surface area contributed by atoms with E-state index in [-0.39, 0.29) is 0 Å². The molecule has 0 saturated carbocycles. The van der Waals surface area contributed by atoms with Crippen LogP contribution in [0.5, 0.6) is 0 Å². The van der Waals surface area contributed by atoms with E-state index in [0.717, 1.165) is 32.2 Å². The Kier molecular flexibility index (Phi) is 4.74. The summed E-state index contributed by atoms with van der Waals surface area (Å²) in [6.07, 6.45) is 4.26. The van der Waals surface area contributed by atoms with Gasteiger partial charge in [-0.25, -0.2) is 4.79 Å². The highest BCUT2D eigenvalue weighted by Gasteiger charge is 2.12. The molecule has 0 aromatic heterocycles. The van der Waals surface area contributed by atoms with Crippen LogP contribution in [0.25, 0.3) is 0 Å². The smallest absolute Gasteiger partial charge is 0.301 e. The van der Waals surface area contributed by atoms with Gasteiger partial charge >= 0.3 is 5.97 Å². The van der Waals surface area contributed by atoms with Crippen LogP contribution in [0, 0.1) is 0 Å². The summed E-state index contributed by atoms with van der Waals surface area (Å²) in [5.41, 5.74) is 6.19. The molecule has 0 aromatic carbocycles. The molecule has 3 N–H and O–H groups in total. The number of rotatable bonds is 5. The van der Waals surface area contributed by atoms with Crippen molar-refractivity contribution in [3.05, 3.63) is 0 Å². The molecule has 1 saturated heterocycles. The number of nitrogens with one attached hydrogen (secondary N) is 2. The molecule has 0 spiro atoms. The largest absolute Gasteiger partial charge is 0.342 e. The highest BCUT2D eigenvalue weighted by molar-refractivity contribution is 5.68. The Morgan fingerprint density at radius 3 is 3.00 bits per heavy atom. The monoisotopic (exact) mass is 188 g/mol. The quantitative estimate of drug-likeness (QED) is 0.331. The lowest BCUT2D eigenvalue weighted by Crippen LogP contribution is -2.29. The van der Waals surface area contributed by atoms with Crippen LogP contribution in [0.4, 0.5) is 0 Å². The van der Waals surface area contributed by atoms with Gasteiger partial charge in [0.2, 0.25) is 0 Å². The number of hydrogen-bond acceptors (Lipinski definition) is 5. The fourth-order valence-electron chi connectivity index (χ4n) is 1.46. The number of hydrogen-bond donors (Lipinski definition) is 3. The van der Waals surface area contributed by atoms with Crippen LogP contribution in [0.15, 0.2) is 0 Å². The third-order valence-corrected chi connectivity index (χ3v) is 2.21. The van der Waals surface area contributed by atoms with E-state index in [9.17, 15) is 4.79 Å². The second-order valence-corrected chi connectivity index (χ2v) is 3.27. The SMILES string of the molecule is O=C(CCCCC1CCNN1)OO. The minimum Gasteiger partial charge on any atom is -0.301 e. The molecular formula is C8H16N2O3. The van der Waals surface area contributed by atoms with Crippen LogP contribution in [0.2, 0.25) is 0 Å². The summed E-state index contributed by atoms with van der Waals surface area (Å²) in [7, 11) is 0. The average Bonchev–Trinajstić information content (AvgIpc) is 2.64. The molecule has 1 atom stereocenters. The molecule has 13 heavy (non-hydrogen) atoms. The molecule has 0 radical (unpaired) electrons. The number of carbonyl (C=O) groups is 1. The fraction of sp³-hybridized carbons (Fsp3) is 0.875. The summed E-state index contributed by atoms with van der Waals surface area (Å²) in [5.74, 6) is -0.544. The van der Waals surface area contributed by atoms with Gasteiger partial charge in [-0.3, -0.25) is 10.9 Å². The average molecular weight is 188 g/mol. The number of hydrazine groups is 1. The summed E-state index contributed by atoms with van der Waals surface area (Å²) >= 11 is 0.